The van der Waals surface area contributed by atoms with Crippen LogP contribution >= 0.6 is 11.6 Å². The summed E-state index contributed by atoms with van der Waals surface area (Å²) in [6.45, 7) is -0.175. The van der Waals surface area contributed by atoms with Gasteiger partial charge >= 0.3 is 6.03 Å². The fraction of sp³-hybridized carbons (Fsp3) is 0.357. The number of hydrogen-bond acceptors (Lipinski definition) is 4. The minimum atomic E-state index is -1.09. The van der Waals surface area contributed by atoms with E-state index < -0.39 is 36.5 Å². The van der Waals surface area contributed by atoms with Gasteiger partial charge in [-0.05, 0) is 17.7 Å². The first kappa shape index (κ1) is 17.0. The second-order valence-electron chi connectivity index (χ2n) is 4.99. The Morgan fingerprint density at radius 2 is 2.04 bits per heavy atom. The first-order valence-electron chi connectivity index (χ1n) is 6.97. The Balaban J connectivity index is 1.84. The molecule has 9 heteroatoms. The molecule has 4 amide bonds. The van der Waals surface area contributed by atoms with E-state index in [-0.39, 0.29) is 13.1 Å². The molecule has 2 rings (SSSR count). The lowest BCUT2D eigenvalue weighted by molar-refractivity contribution is -0.130. The summed E-state index contributed by atoms with van der Waals surface area (Å²) in [5.74, 6) is -1.06. The topological polar surface area (TPSA) is 120 Å². The Morgan fingerprint density at radius 3 is 2.61 bits per heavy atom. The maximum atomic E-state index is 12.0. The third-order valence-electron chi connectivity index (χ3n) is 3.28. The lowest BCUT2D eigenvalue weighted by atomic mass is 10.2. The highest BCUT2D eigenvalue weighted by molar-refractivity contribution is 6.30. The maximum absolute atomic E-state index is 12.0. The smallest absolute Gasteiger partial charge is 0.315 e. The summed E-state index contributed by atoms with van der Waals surface area (Å²) in [6, 6.07) is 4.61. The van der Waals surface area contributed by atoms with Gasteiger partial charge in [-0.3, -0.25) is 9.59 Å². The molecule has 1 unspecified atom stereocenters. The van der Waals surface area contributed by atoms with Crippen molar-refractivity contribution in [2.24, 2.45) is 0 Å². The summed E-state index contributed by atoms with van der Waals surface area (Å²) in [5, 5.41) is 19.7. The third-order valence-corrected chi connectivity index (χ3v) is 3.54. The average molecular weight is 341 g/mol. The number of carbonyl (C=O) groups excluding carboxylic acids is 3. The van der Waals surface area contributed by atoms with E-state index in [0.717, 1.165) is 5.56 Å². The number of benzene rings is 1. The Morgan fingerprint density at radius 1 is 1.35 bits per heavy atom. The van der Waals surface area contributed by atoms with Crippen LogP contribution in [0.3, 0.4) is 0 Å². The molecule has 1 aromatic carbocycles. The van der Waals surface area contributed by atoms with E-state index in [1.165, 1.54) is 0 Å². The van der Waals surface area contributed by atoms with Gasteiger partial charge in [0, 0.05) is 18.1 Å². The number of hydrogen-bond donors (Lipinski definition) is 5. The Bertz CT molecular complexity index is 593. The predicted molar refractivity (Wildman–Crippen MR) is 82.6 cm³/mol. The van der Waals surface area contributed by atoms with Crippen molar-refractivity contribution < 1.29 is 19.5 Å². The van der Waals surface area contributed by atoms with E-state index in [4.69, 9.17) is 11.6 Å². The molecule has 0 aliphatic carbocycles. The van der Waals surface area contributed by atoms with Gasteiger partial charge < -0.3 is 26.4 Å². The number of urea groups is 1. The van der Waals surface area contributed by atoms with Crippen molar-refractivity contribution in [2.75, 3.05) is 13.2 Å². The lowest BCUT2D eigenvalue weighted by Crippen LogP contribution is -2.53. The highest BCUT2D eigenvalue weighted by atomic mass is 35.5. The molecule has 1 aromatic rings. The molecule has 1 saturated heterocycles. The number of halogens is 1. The van der Waals surface area contributed by atoms with Crippen LogP contribution in [-0.2, 0) is 16.1 Å². The third kappa shape index (κ3) is 4.83. The number of aliphatic hydroxyl groups excluding tert-OH is 1. The minimum absolute atomic E-state index is 0.134. The number of rotatable bonds is 6. The molecular formula is C14H17ClN4O4. The van der Waals surface area contributed by atoms with Crippen LogP contribution in [0.4, 0.5) is 4.79 Å². The molecule has 0 spiro atoms. The highest BCUT2D eigenvalue weighted by Gasteiger charge is 2.29. The molecule has 0 radical (unpaired) electrons. The minimum Gasteiger partial charge on any atom is -0.394 e. The SMILES string of the molecule is O=C1NCC(C(=O)N[C@@H](CO)C(=O)NCc2ccc(Cl)cc2)N1. The summed E-state index contributed by atoms with van der Waals surface area (Å²) in [6.07, 6.45) is 0. The normalized spacial score (nSPS) is 17.8. The molecule has 5 N–H and O–H groups in total. The van der Waals surface area contributed by atoms with Crippen LogP contribution in [-0.4, -0.2) is 48.2 Å². The van der Waals surface area contributed by atoms with Gasteiger partial charge in [-0.25, -0.2) is 4.79 Å². The van der Waals surface area contributed by atoms with E-state index in [1.807, 2.05) is 0 Å². The van der Waals surface area contributed by atoms with Crippen LogP contribution in [0.25, 0.3) is 0 Å². The zero-order valence-corrected chi connectivity index (χ0v) is 12.9. The van der Waals surface area contributed by atoms with Gasteiger partial charge in [-0.1, -0.05) is 23.7 Å². The zero-order chi connectivity index (χ0) is 16.8. The van der Waals surface area contributed by atoms with Crippen molar-refractivity contribution in [3.05, 3.63) is 34.9 Å². The van der Waals surface area contributed by atoms with Crippen molar-refractivity contribution in [3.8, 4) is 0 Å². The number of amides is 4. The van der Waals surface area contributed by atoms with Crippen molar-refractivity contribution in [1.29, 1.82) is 0 Å². The largest absolute Gasteiger partial charge is 0.394 e. The van der Waals surface area contributed by atoms with Gasteiger partial charge in [0.2, 0.25) is 11.8 Å². The molecule has 2 atom stereocenters. The summed E-state index contributed by atoms with van der Waals surface area (Å²) in [4.78, 5) is 34.9. The van der Waals surface area contributed by atoms with Crippen molar-refractivity contribution >= 4 is 29.4 Å². The van der Waals surface area contributed by atoms with E-state index in [9.17, 15) is 19.5 Å². The van der Waals surface area contributed by atoms with Crippen LogP contribution in [0, 0.1) is 0 Å². The van der Waals surface area contributed by atoms with Gasteiger partial charge in [0.25, 0.3) is 0 Å². The average Bonchev–Trinajstić information content (AvgIpc) is 2.98. The van der Waals surface area contributed by atoms with Crippen LogP contribution in [0.5, 0.6) is 0 Å². The highest BCUT2D eigenvalue weighted by Crippen LogP contribution is 2.09. The van der Waals surface area contributed by atoms with Gasteiger partial charge in [-0.2, -0.15) is 0 Å². The van der Waals surface area contributed by atoms with E-state index >= 15 is 0 Å². The molecule has 124 valence electrons. The van der Waals surface area contributed by atoms with Crippen molar-refractivity contribution in [3.63, 3.8) is 0 Å². The van der Waals surface area contributed by atoms with Crippen molar-refractivity contribution in [2.45, 2.75) is 18.6 Å². The van der Waals surface area contributed by atoms with Gasteiger partial charge in [0.05, 0.1) is 6.61 Å². The van der Waals surface area contributed by atoms with E-state index in [1.54, 1.807) is 24.3 Å². The molecule has 1 aliphatic heterocycles. The van der Waals surface area contributed by atoms with Crippen LogP contribution < -0.4 is 21.3 Å². The second kappa shape index (κ2) is 7.80. The Hall–Kier alpha value is -2.32. The van der Waals surface area contributed by atoms with Crippen LogP contribution in [0.15, 0.2) is 24.3 Å². The van der Waals surface area contributed by atoms with Gasteiger partial charge in [0.15, 0.2) is 0 Å². The summed E-state index contributed by atoms with van der Waals surface area (Å²) < 4.78 is 0. The first-order chi connectivity index (χ1) is 11.0. The van der Waals surface area contributed by atoms with Gasteiger partial charge in [0.1, 0.15) is 12.1 Å². The van der Waals surface area contributed by atoms with Crippen LogP contribution in [0.2, 0.25) is 5.02 Å². The lowest BCUT2D eigenvalue weighted by Gasteiger charge is -2.18. The van der Waals surface area contributed by atoms with Crippen LogP contribution in [0.1, 0.15) is 5.56 Å². The quantitative estimate of drug-likeness (QED) is 0.461. The molecule has 0 bridgehead atoms. The number of nitrogens with one attached hydrogen (secondary N) is 4. The molecule has 1 heterocycles. The Kier molecular flexibility index (Phi) is 5.78. The maximum Gasteiger partial charge on any atom is 0.315 e. The summed E-state index contributed by atoms with van der Waals surface area (Å²) >= 11 is 5.77. The molecular weight excluding hydrogens is 324 g/mol. The Labute approximate surface area is 137 Å². The molecule has 1 fully saturated rings. The standard InChI is InChI=1S/C14H17ClN4O4/c15-9-3-1-8(2-4-9)5-16-12(21)11(7-20)18-13(22)10-6-17-14(23)19-10/h1-4,10-11,20H,5-7H2,(H,16,21)(H,18,22)(H2,17,19,23)/t10?,11-/m0/s1. The summed E-state index contributed by atoms with van der Waals surface area (Å²) in [7, 11) is 0. The number of carbonyl (C=O) groups is 3. The zero-order valence-electron chi connectivity index (χ0n) is 12.1. The van der Waals surface area contributed by atoms with Gasteiger partial charge in [-0.15, -0.1) is 0 Å². The van der Waals surface area contributed by atoms with Crippen molar-refractivity contribution in [1.82, 2.24) is 21.3 Å². The molecule has 23 heavy (non-hydrogen) atoms. The molecule has 8 nitrogen and oxygen atoms in total. The predicted octanol–water partition coefficient (Wildman–Crippen LogP) is -0.885. The summed E-state index contributed by atoms with van der Waals surface area (Å²) in [5.41, 5.74) is 0.832. The molecule has 0 saturated carbocycles. The fourth-order valence-corrected chi connectivity index (χ4v) is 2.12. The van der Waals surface area contributed by atoms with E-state index in [2.05, 4.69) is 21.3 Å². The number of aliphatic hydroxyl groups is 1. The molecule has 1 aliphatic rings. The fourth-order valence-electron chi connectivity index (χ4n) is 1.99. The first-order valence-corrected chi connectivity index (χ1v) is 7.35. The monoisotopic (exact) mass is 340 g/mol. The molecule has 0 aromatic heterocycles. The second-order valence-corrected chi connectivity index (χ2v) is 5.43. The van der Waals surface area contributed by atoms with E-state index in [0.29, 0.717) is 5.02 Å².